The molecule has 0 bridgehead atoms. The Balaban J connectivity index is 1.64. The molecule has 0 unspecified atom stereocenters. The zero-order valence-corrected chi connectivity index (χ0v) is 15.7. The molecule has 0 aliphatic carbocycles. The average Bonchev–Trinajstić information content (AvgIpc) is 2.70. The van der Waals surface area contributed by atoms with Gasteiger partial charge in [-0.2, -0.15) is 10.5 Å². The molecule has 0 spiro atoms. The SMILES string of the molecule is COCC1(C(=O)N[C@H](C#N)Cc2ccc(-c3ccc(C#N)cc3)cc2)CNC1. The molecule has 1 aliphatic rings. The highest BCUT2D eigenvalue weighted by molar-refractivity contribution is 5.85. The quantitative estimate of drug-likeness (QED) is 0.773. The van der Waals surface area contributed by atoms with Gasteiger partial charge in [0.25, 0.3) is 0 Å². The summed E-state index contributed by atoms with van der Waals surface area (Å²) in [5, 5.41) is 24.3. The number of rotatable bonds is 7. The van der Waals surface area contributed by atoms with E-state index < -0.39 is 11.5 Å². The van der Waals surface area contributed by atoms with Gasteiger partial charge in [-0.05, 0) is 28.8 Å². The summed E-state index contributed by atoms with van der Waals surface area (Å²) >= 11 is 0. The first-order chi connectivity index (χ1) is 13.6. The zero-order chi connectivity index (χ0) is 20.0. The van der Waals surface area contributed by atoms with Gasteiger partial charge in [-0.1, -0.05) is 36.4 Å². The topological polar surface area (TPSA) is 97.9 Å². The minimum absolute atomic E-state index is 0.145. The van der Waals surface area contributed by atoms with Gasteiger partial charge in [0.1, 0.15) is 6.04 Å². The smallest absolute Gasteiger partial charge is 0.232 e. The number of amides is 1. The normalized spacial score (nSPS) is 15.5. The third-order valence-corrected chi connectivity index (χ3v) is 5.03. The lowest BCUT2D eigenvalue weighted by Gasteiger charge is -2.40. The third kappa shape index (κ3) is 4.20. The number of carbonyl (C=O) groups is 1. The fourth-order valence-corrected chi connectivity index (χ4v) is 3.28. The van der Waals surface area contributed by atoms with Crippen molar-refractivity contribution >= 4 is 5.91 Å². The maximum absolute atomic E-state index is 12.6. The van der Waals surface area contributed by atoms with E-state index >= 15 is 0 Å². The number of hydrogen-bond acceptors (Lipinski definition) is 5. The van der Waals surface area contributed by atoms with Crippen LogP contribution >= 0.6 is 0 Å². The standard InChI is InChI=1S/C22H22N4O2/c1-28-15-22(13-25-14-22)21(27)26-20(12-24)10-16-2-6-18(7-3-16)19-8-4-17(11-23)5-9-19/h2-9,20,25H,10,13-15H2,1H3,(H,26,27)/t20-/m0/s1. The second kappa shape index (κ2) is 8.67. The minimum atomic E-state index is -0.595. The molecule has 1 amide bonds. The summed E-state index contributed by atoms with van der Waals surface area (Å²) < 4.78 is 5.17. The Morgan fingerprint density at radius 2 is 1.75 bits per heavy atom. The molecule has 2 aromatic carbocycles. The van der Waals surface area contributed by atoms with Crippen molar-refractivity contribution in [3.8, 4) is 23.3 Å². The van der Waals surface area contributed by atoms with Gasteiger partial charge in [-0.25, -0.2) is 0 Å². The molecule has 2 aromatic rings. The van der Waals surface area contributed by atoms with Gasteiger partial charge in [-0.15, -0.1) is 0 Å². The average molecular weight is 374 g/mol. The van der Waals surface area contributed by atoms with E-state index in [2.05, 4.69) is 22.8 Å². The Kier molecular flexibility index (Phi) is 6.06. The monoisotopic (exact) mass is 374 g/mol. The molecule has 28 heavy (non-hydrogen) atoms. The molecule has 6 nitrogen and oxygen atoms in total. The van der Waals surface area contributed by atoms with Gasteiger partial charge in [0, 0.05) is 26.6 Å². The maximum Gasteiger partial charge on any atom is 0.232 e. The van der Waals surface area contributed by atoms with Gasteiger partial charge in [0.15, 0.2) is 0 Å². The third-order valence-electron chi connectivity index (χ3n) is 5.03. The number of benzene rings is 2. The van der Waals surface area contributed by atoms with Crippen molar-refractivity contribution in [2.75, 3.05) is 26.8 Å². The van der Waals surface area contributed by atoms with E-state index in [4.69, 9.17) is 10.00 Å². The van der Waals surface area contributed by atoms with Crippen molar-refractivity contribution < 1.29 is 9.53 Å². The van der Waals surface area contributed by atoms with Gasteiger partial charge in [0.2, 0.25) is 5.91 Å². The molecule has 0 radical (unpaired) electrons. The van der Waals surface area contributed by atoms with E-state index in [9.17, 15) is 10.1 Å². The van der Waals surface area contributed by atoms with Gasteiger partial charge in [0.05, 0.1) is 29.7 Å². The number of ether oxygens (including phenoxy) is 1. The van der Waals surface area contributed by atoms with Crippen LogP contribution in [0.1, 0.15) is 11.1 Å². The van der Waals surface area contributed by atoms with Gasteiger partial charge >= 0.3 is 0 Å². The van der Waals surface area contributed by atoms with E-state index in [0.29, 0.717) is 31.7 Å². The number of nitriles is 2. The Morgan fingerprint density at radius 1 is 1.14 bits per heavy atom. The Bertz CT molecular complexity index is 904. The summed E-state index contributed by atoms with van der Waals surface area (Å²) in [6.45, 7) is 1.46. The second-order valence-electron chi connectivity index (χ2n) is 7.06. The highest BCUT2D eigenvalue weighted by Crippen LogP contribution is 2.24. The molecule has 1 atom stereocenters. The molecule has 0 aromatic heterocycles. The Morgan fingerprint density at radius 3 is 2.21 bits per heavy atom. The first kappa shape index (κ1) is 19.6. The van der Waals surface area contributed by atoms with Crippen LogP contribution in [0.25, 0.3) is 11.1 Å². The molecule has 2 N–H and O–H groups in total. The first-order valence-electron chi connectivity index (χ1n) is 9.10. The molecule has 3 rings (SSSR count). The number of hydrogen-bond donors (Lipinski definition) is 2. The molecule has 1 heterocycles. The van der Waals surface area contributed by atoms with Crippen LogP contribution < -0.4 is 10.6 Å². The predicted octanol–water partition coefficient (Wildman–Crippen LogP) is 2.01. The summed E-state index contributed by atoms with van der Waals surface area (Å²) in [6.07, 6.45) is 0.437. The van der Waals surface area contributed by atoms with E-state index in [1.165, 1.54) is 0 Å². The van der Waals surface area contributed by atoms with E-state index in [-0.39, 0.29) is 5.91 Å². The van der Waals surface area contributed by atoms with Crippen LogP contribution in [0.3, 0.4) is 0 Å². The lowest BCUT2D eigenvalue weighted by molar-refractivity contribution is -0.138. The van der Waals surface area contributed by atoms with Crippen LogP contribution in [0, 0.1) is 28.1 Å². The van der Waals surface area contributed by atoms with Crippen molar-refractivity contribution in [1.29, 1.82) is 10.5 Å². The molecule has 1 fully saturated rings. The summed E-state index contributed by atoms with van der Waals surface area (Å²) in [5.41, 5.74) is 3.07. The lowest BCUT2D eigenvalue weighted by atomic mass is 9.81. The molecular weight excluding hydrogens is 352 g/mol. The van der Waals surface area contributed by atoms with Crippen LogP contribution in [0.15, 0.2) is 48.5 Å². The van der Waals surface area contributed by atoms with Crippen LogP contribution in [0.5, 0.6) is 0 Å². The second-order valence-corrected chi connectivity index (χ2v) is 7.06. The van der Waals surface area contributed by atoms with Crippen molar-refractivity contribution in [3.63, 3.8) is 0 Å². The molecule has 6 heteroatoms. The summed E-state index contributed by atoms with van der Waals surface area (Å²) in [5.74, 6) is -0.145. The molecule has 1 saturated heterocycles. The number of methoxy groups -OCH3 is 1. The highest BCUT2D eigenvalue weighted by atomic mass is 16.5. The van der Waals surface area contributed by atoms with Gasteiger partial charge < -0.3 is 15.4 Å². The minimum Gasteiger partial charge on any atom is -0.383 e. The van der Waals surface area contributed by atoms with Gasteiger partial charge in [-0.3, -0.25) is 4.79 Å². The molecule has 1 aliphatic heterocycles. The van der Waals surface area contributed by atoms with Crippen molar-refractivity contribution in [3.05, 3.63) is 59.7 Å². The summed E-state index contributed by atoms with van der Waals surface area (Å²) in [7, 11) is 1.57. The number of carbonyl (C=O) groups excluding carboxylic acids is 1. The largest absolute Gasteiger partial charge is 0.383 e. The summed E-state index contributed by atoms with van der Waals surface area (Å²) in [4.78, 5) is 12.6. The van der Waals surface area contributed by atoms with Crippen LogP contribution in [0.4, 0.5) is 0 Å². The maximum atomic E-state index is 12.6. The number of nitrogens with zero attached hydrogens (tertiary/aromatic N) is 2. The Labute approximate surface area is 164 Å². The summed E-state index contributed by atoms with van der Waals surface area (Å²) in [6, 6.07) is 19.0. The molecule has 142 valence electrons. The van der Waals surface area contributed by atoms with E-state index in [1.807, 2.05) is 36.4 Å². The predicted molar refractivity (Wildman–Crippen MR) is 105 cm³/mol. The van der Waals surface area contributed by atoms with E-state index in [0.717, 1.165) is 16.7 Å². The zero-order valence-electron chi connectivity index (χ0n) is 15.7. The highest BCUT2D eigenvalue weighted by Gasteiger charge is 2.44. The number of nitrogens with one attached hydrogen (secondary N) is 2. The molecule has 0 saturated carbocycles. The van der Waals surface area contributed by atoms with Crippen molar-refractivity contribution in [2.24, 2.45) is 5.41 Å². The first-order valence-corrected chi connectivity index (χ1v) is 9.10. The van der Waals surface area contributed by atoms with Crippen LogP contribution in [-0.2, 0) is 16.0 Å². The van der Waals surface area contributed by atoms with Crippen LogP contribution in [-0.4, -0.2) is 38.8 Å². The van der Waals surface area contributed by atoms with Crippen LogP contribution in [0.2, 0.25) is 0 Å². The van der Waals surface area contributed by atoms with Crippen molar-refractivity contribution in [1.82, 2.24) is 10.6 Å². The van der Waals surface area contributed by atoms with E-state index in [1.54, 1.807) is 19.2 Å². The Hall–Kier alpha value is -3.19. The van der Waals surface area contributed by atoms with Crippen molar-refractivity contribution in [2.45, 2.75) is 12.5 Å². The lowest BCUT2D eigenvalue weighted by Crippen LogP contribution is -2.64. The molecular formula is C22H22N4O2. The fraction of sp³-hybridized carbons (Fsp3) is 0.318. The fourth-order valence-electron chi connectivity index (χ4n) is 3.28.